The minimum atomic E-state index is 0.617. The summed E-state index contributed by atoms with van der Waals surface area (Å²) in [4.78, 5) is 0. The van der Waals surface area contributed by atoms with Crippen LogP contribution in [-0.4, -0.2) is 15.9 Å². The smallest absolute Gasteiger partial charge is 0.176 e. The Hall–Kier alpha value is -3.50. The van der Waals surface area contributed by atoms with Gasteiger partial charge in [-0.15, -0.1) is 5.10 Å². The largest absolute Gasteiger partial charge is 0.259 e. The molecule has 0 aliphatic carbocycles. The van der Waals surface area contributed by atoms with Gasteiger partial charge in [-0.2, -0.15) is 10.2 Å². The molecule has 1 N–H and O–H groups in total. The van der Waals surface area contributed by atoms with Gasteiger partial charge in [-0.05, 0) is 23.8 Å². The number of benzene rings is 3. The molecule has 4 nitrogen and oxygen atoms in total. The molecule has 0 saturated carbocycles. The molecule has 1 aromatic heterocycles. The summed E-state index contributed by atoms with van der Waals surface area (Å²) in [6, 6.07) is 25.6. The Bertz CT molecular complexity index is 1130. The van der Waals surface area contributed by atoms with E-state index < -0.39 is 0 Å². The van der Waals surface area contributed by atoms with E-state index in [1.165, 1.54) is 0 Å². The molecule has 0 bridgehead atoms. The molecule has 0 aliphatic rings. The highest BCUT2D eigenvalue weighted by Crippen LogP contribution is 2.19. The molecule has 136 valence electrons. The first-order valence-electron chi connectivity index (χ1n) is 8.83. The molecule has 4 aromatic rings. The summed E-state index contributed by atoms with van der Waals surface area (Å²) < 4.78 is 0. The summed E-state index contributed by atoms with van der Waals surface area (Å²) in [5.41, 5.74) is 5.89. The van der Waals surface area contributed by atoms with E-state index in [4.69, 9.17) is 11.6 Å². The lowest BCUT2D eigenvalue weighted by Crippen LogP contribution is -2.03. The number of anilines is 1. The number of rotatable bonds is 5. The molecule has 0 radical (unpaired) electrons. The van der Waals surface area contributed by atoms with Gasteiger partial charge in [0, 0.05) is 21.4 Å². The maximum absolute atomic E-state index is 5.96. The number of fused-ring (bicyclic) bond motifs is 1. The SMILES string of the molecule is Clc1ccc(/C=C/C(=N\Nc2nncc3ccccc23)c2ccccc2)cc1. The highest BCUT2D eigenvalue weighted by atomic mass is 35.5. The summed E-state index contributed by atoms with van der Waals surface area (Å²) in [5, 5.41) is 15.5. The van der Waals surface area contributed by atoms with Crippen LogP contribution in [0.25, 0.3) is 16.8 Å². The van der Waals surface area contributed by atoms with E-state index in [1.807, 2.05) is 91.0 Å². The van der Waals surface area contributed by atoms with Crippen molar-refractivity contribution in [2.45, 2.75) is 0 Å². The van der Waals surface area contributed by atoms with E-state index >= 15 is 0 Å². The van der Waals surface area contributed by atoms with Crippen LogP contribution in [0.2, 0.25) is 5.02 Å². The quantitative estimate of drug-likeness (QED) is 0.348. The van der Waals surface area contributed by atoms with Crippen LogP contribution < -0.4 is 5.43 Å². The molecule has 0 fully saturated rings. The van der Waals surface area contributed by atoms with Crippen molar-refractivity contribution in [3.8, 4) is 0 Å². The van der Waals surface area contributed by atoms with Gasteiger partial charge in [0.1, 0.15) is 0 Å². The second-order valence-corrected chi connectivity index (χ2v) is 6.58. The normalized spacial score (nSPS) is 11.8. The van der Waals surface area contributed by atoms with Gasteiger partial charge < -0.3 is 0 Å². The lowest BCUT2D eigenvalue weighted by Gasteiger charge is -2.06. The first-order valence-corrected chi connectivity index (χ1v) is 9.20. The van der Waals surface area contributed by atoms with Crippen LogP contribution in [0.5, 0.6) is 0 Å². The van der Waals surface area contributed by atoms with Gasteiger partial charge in [0.2, 0.25) is 0 Å². The van der Waals surface area contributed by atoms with E-state index in [0.717, 1.165) is 27.6 Å². The van der Waals surface area contributed by atoms with Gasteiger partial charge in [0.05, 0.1) is 11.9 Å². The van der Waals surface area contributed by atoms with Crippen molar-refractivity contribution in [2.75, 3.05) is 5.43 Å². The van der Waals surface area contributed by atoms with Crippen LogP contribution in [0.15, 0.2) is 96.2 Å². The monoisotopic (exact) mass is 384 g/mol. The predicted octanol–water partition coefficient (Wildman–Crippen LogP) is 5.81. The van der Waals surface area contributed by atoms with Crippen LogP contribution in [0.4, 0.5) is 5.82 Å². The maximum Gasteiger partial charge on any atom is 0.176 e. The molecule has 5 heteroatoms. The predicted molar refractivity (Wildman–Crippen MR) is 117 cm³/mol. The fourth-order valence-electron chi connectivity index (χ4n) is 2.78. The summed E-state index contributed by atoms with van der Waals surface area (Å²) in [7, 11) is 0. The first kappa shape index (κ1) is 17.9. The molecule has 0 amide bonds. The third kappa shape index (κ3) is 4.24. The topological polar surface area (TPSA) is 50.2 Å². The van der Waals surface area contributed by atoms with Crippen LogP contribution >= 0.6 is 11.6 Å². The molecule has 0 spiro atoms. The molecular formula is C23H17ClN4. The Morgan fingerprint density at radius 3 is 2.46 bits per heavy atom. The fourth-order valence-corrected chi connectivity index (χ4v) is 2.91. The standard InChI is InChI=1S/C23H17ClN4/c24-20-13-10-17(11-14-20)12-15-22(18-6-2-1-3-7-18)26-28-23-21-9-5-4-8-19(21)16-25-27-23/h1-16H,(H,27,28)/b15-12+,26-22+. The van der Waals surface area contributed by atoms with Crippen LogP contribution in [0, 0.1) is 0 Å². The summed E-state index contributed by atoms with van der Waals surface area (Å²) in [6.07, 6.45) is 5.70. The molecule has 4 rings (SSSR count). The highest BCUT2D eigenvalue weighted by Gasteiger charge is 2.04. The number of hydrogen-bond acceptors (Lipinski definition) is 4. The van der Waals surface area contributed by atoms with E-state index in [1.54, 1.807) is 6.20 Å². The van der Waals surface area contributed by atoms with E-state index in [0.29, 0.717) is 10.8 Å². The molecule has 1 heterocycles. The Morgan fingerprint density at radius 1 is 0.893 bits per heavy atom. The fraction of sp³-hybridized carbons (Fsp3) is 0. The average Bonchev–Trinajstić information content (AvgIpc) is 2.75. The van der Waals surface area contributed by atoms with E-state index in [9.17, 15) is 0 Å². The Balaban J connectivity index is 1.67. The molecule has 3 aromatic carbocycles. The van der Waals surface area contributed by atoms with Crippen molar-refractivity contribution in [3.63, 3.8) is 0 Å². The summed E-state index contributed by atoms with van der Waals surface area (Å²) >= 11 is 5.96. The second-order valence-electron chi connectivity index (χ2n) is 6.14. The van der Waals surface area contributed by atoms with Crippen molar-refractivity contribution in [1.82, 2.24) is 10.2 Å². The summed E-state index contributed by atoms with van der Waals surface area (Å²) in [5.74, 6) is 0.617. The molecule has 0 saturated heterocycles. The number of allylic oxidation sites excluding steroid dienone is 1. The van der Waals surface area contributed by atoms with Crippen molar-refractivity contribution in [3.05, 3.63) is 107 Å². The molecule has 0 atom stereocenters. The molecule has 28 heavy (non-hydrogen) atoms. The second kappa shape index (κ2) is 8.46. The van der Waals surface area contributed by atoms with Gasteiger partial charge in [-0.1, -0.05) is 84.4 Å². The maximum atomic E-state index is 5.96. The number of hydrogen-bond donors (Lipinski definition) is 1. The van der Waals surface area contributed by atoms with Gasteiger partial charge in [-0.25, -0.2) is 0 Å². The number of aromatic nitrogens is 2. The Labute approximate surface area is 168 Å². The van der Waals surface area contributed by atoms with Gasteiger partial charge >= 0.3 is 0 Å². The number of hydrazone groups is 1. The lowest BCUT2D eigenvalue weighted by atomic mass is 10.1. The van der Waals surface area contributed by atoms with Crippen LogP contribution in [0.3, 0.4) is 0 Å². The van der Waals surface area contributed by atoms with Crippen LogP contribution in [0.1, 0.15) is 11.1 Å². The van der Waals surface area contributed by atoms with Crippen molar-refractivity contribution >= 4 is 40.0 Å². The van der Waals surface area contributed by atoms with Gasteiger partial charge in [0.15, 0.2) is 5.82 Å². The van der Waals surface area contributed by atoms with Crippen molar-refractivity contribution in [1.29, 1.82) is 0 Å². The Kier molecular flexibility index (Phi) is 5.41. The Morgan fingerprint density at radius 2 is 1.64 bits per heavy atom. The van der Waals surface area contributed by atoms with Gasteiger partial charge in [-0.3, -0.25) is 5.43 Å². The average molecular weight is 385 g/mol. The first-order chi connectivity index (χ1) is 13.8. The minimum absolute atomic E-state index is 0.617. The number of halogens is 1. The lowest BCUT2D eigenvalue weighted by molar-refractivity contribution is 1.04. The number of nitrogens with zero attached hydrogens (tertiary/aromatic N) is 3. The molecular weight excluding hydrogens is 368 g/mol. The molecule has 0 aliphatic heterocycles. The third-order valence-corrected chi connectivity index (χ3v) is 4.48. The highest BCUT2D eigenvalue weighted by molar-refractivity contribution is 6.30. The summed E-state index contributed by atoms with van der Waals surface area (Å²) in [6.45, 7) is 0. The van der Waals surface area contributed by atoms with Gasteiger partial charge in [0.25, 0.3) is 0 Å². The minimum Gasteiger partial charge on any atom is -0.259 e. The van der Waals surface area contributed by atoms with Crippen LogP contribution in [-0.2, 0) is 0 Å². The van der Waals surface area contributed by atoms with Crippen molar-refractivity contribution in [2.24, 2.45) is 5.10 Å². The zero-order valence-corrected chi connectivity index (χ0v) is 15.7. The zero-order valence-electron chi connectivity index (χ0n) is 15.0. The molecule has 0 unspecified atom stereocenters. The van der Waals surface area contributed by atoms with E-state index in [-0.39, 0.29) is 0 Å². The van der Waals surface area contributed by atoms with Crippen molar-refractivity contribution < 1.29 is 0 Å². The van der Waals surface area contributed by atoms with E-state index in [2.05, 4.69) is 20.7 Å². The number of nitrogens with one attached hydrogen (secondary N) is 1. The zero-order chi connectivity index (χ0) is 19.2. The third-order valence-electron chi connectivity index (χ3n) is 4.23.